The summed E-state index contributed by atoms with van der Waals surface area (Å²) in [6, 6.07) is 6.37. The van der Waals surface area contributed by atoms with Crippen molar-refractivity contribution in [3.63, 3.8) is 0 Å². The van der Waals surface area contributed by atoms with Crippen LogP contribution in [-0.4, -0.2) is 20.3 Å². The topological polar surface area (TPSA) is 42.7 Å². The third-order valence-corrected chi connectivity index (χ3v) is 3.34. The van der Waals surface area contributed by atoms with Crippen molar-refractivity contribution >= 4 is 0 Å². The van der Waals surface area contributed by atoms with Crippen molar-refractivity contribution < 1.29 is 0 Å². The van der Waals surface area contributed by atoms with Crippen LogP contribution in [0.15, 0.2) is 18.2 Å². The van der Waals surface area contributed by atoms with E-state index in [0.717, 1.165) is 35.9 Å². The van der Waals surface area contributed by atoms with Gasteiger partial charge in [-0.2, -0.15) is 5.10 Å². The second-order valence-electron chi connectivity index (χ2n) is 6.62. The Morgan fingerprint density at radius 1 is 1.14 bits per heavy atom. The molecule has 0 aliphatic heterocycles. The Kier molecular flexibility index (Phi) is 4.47. The average molecular weight is 286 g/mol. The van der Waals surface area contributed by atoms with Gasteiger partial charge in [-0.15, -0.1) is 0 Å². The van der Waals surface area contributed by atoms with Crippen LogP contribution in [0, 0.1) is 13.8 Å². The summed E-state index contributed by atoms with van der Waals surface area (Å²) in [5, 5.41) is 8.07. The number of rotatable bonds is 4. The highest BCUT2D eigenvalue weighted by Crippen LogP contribution is 2.15. The van der Waals surface area contributed by atoms with Crippen molar-refractivity contribution in [1.82, 2.24) is 20.1 Å². The molecule has 0 aromatic carbocycles. The summed E-state index contributed by atoms with van der Waals surface area (Å²) in [4.78, 5) is 4.71. The zero-order valence-corrected chi connectivity index (χ0v) is 14.0. The van der Waals surface area contributed by atoms with Gasteiger partial charge in [-0.25, -0.2) is 9.67 Å². The van der Waals surface area contributed by atoms with Gasteiger partial charge < -0.3 is 5.32 Å². The molecule has 2 aromatic rings. The van der Waals surface area contributed by atoms with Crippen molar-refractivity contribution in [1.29, 1.82) is 0 Å². The minimum Gasteiger partial charge on any atom is -0.308 e. The number of aromatic nitrogens is 3. The highest BCUT2D eigenvalue weighted by molar-refractivity contribution is 5.32. The normalized spacial score (nSPS) is 11.9. The summed E-state index contributed by atoms with van der Waals surface area (Å²) < 4.78 is 1.93. The van der Waals surface area contributed by atoms with Gasteiger partial charge in [0, 0.05) is 23.5 Å². The van der Waals surface area contributed by atoms with Crippen LogP contribution in [-0.2, 0) is 13.0 Å². The Morgan fingerprint density at radius 3 is 2.38 bits per heavy atom. The highest BCUT2D eigenvalue weighted by Gasteiger charge is 2.11. The SMILES string of the molecule is CCc1cc(CNC(C)(C)C)cc(-n2nc(C)cc2C)n1. The summed E-state index contributed by atoms with van der Waals surface area (Å²) >= 11 is 0. The monoisotopic (exact) mass is 286 g/mol. The van der Waals surface area contributed by atoms with Crippen molar-refractivity contribution in [2.45, 2.75) is 60.0 Å². The lowest BCUT2D eigenvalue weighted by Gasteiger charge is -2.21. The molecule has 4 heteroatoms. The van der Waals surface area contributed by atoms with Crippen LogP contribution in [0.5, 0.6) is 0 Å². The van der Waals surface area contributed by atoms with Crippen LogP contribution in [0.3, 0.4) is 0 Å². The Morgan fingerprint density at radius 2 is 1.86 bits per heavy atom. The van der Waals surface area contributed by atoms with Crippen molar-refractivity contribution in [2.24, 2.45) is 0 Å². The van der Waals surface area contributed by atoms with Gasteiger partial charge in [-0.3, -0.25) is 0 Å². The van der Waals surface area contributed by atoms with E-state index < -0.39 is 0 Å². The predicted molar refractivity (Wildman–Crippen MR) is 86.8 cm³/mol. The molecule has 21 heavy (non-hydrogen) atoms. The molecule has 0 radical (unpaired) electrons. The number of nitrogens with one attached hydrogen (secondary N) is 1. The number of nitrogens with zero attached hydrogens (tertiary/aromatic N) is 3. The Bertz CT molecular complexity index is 620. The molecule has 0 saturated heterocycles. The first-order valence-electron chi connectivity index (χ1n) is 7.57. The van der Waals surface area contributed by atoms with Crippen molar-refractivity contribution in [2.75, 3.05) is 0 Å². The van der Waals surface area contributed by atoms with Crippen molar-refractivity contribution in [3.05, 3.63) is 40.8 Å². The summed E-state index contributed by atoms with van der Waals surface area (Å²) in [7, 11) is 0. The van der Waals surface area contributed by atoms with Crippen LogP contribution in [0.4, 0.5) is 0 Å². The maximum Gasteiger partial charge on any atom is 0.154 e. The van der Waals surface area contributed by atoms with E-state index in [1.807, 2.05) is 11.6 Å². The minimum absolute atomic E-state index is 0.105. The van der Waals surface area contributed by atoms with E-state index in [1.54, 1.807) is 0 Å². The van der Waals surface area contributed by atoms with E-state index in [-0.39, 0.29) is 5.54 Å². The molecular formula is C17H26N4. The van der Waals surface area contributed by atoms with Crippen LogP contribution in [0.1, 0.15) is 50.3 Å². The molecule has 114 valence electrons. The first-order valence-corrected chi connectivity index (χ1v) is 7.57. The van der Waals surface area contributed by atoms with Crippen LogP contribution in [0.25, 0.3) is 5.82 Å². The molecule has 4 nitrogen and oxygen atoms in total. The molecule has 0 atom stereocenters. The number of pyridine rings is 1. The third-order valence-electron chi connectivity index (χ3n) is 3.34. The largest absolute Gasteiger partial charge is 0.308 e. The quantitative estimate of drug-likeness (QED) is 0.937. The minimum atomic E-state index is 0.105. The first-order chi connectivity index (χ1) is 9.78. The van der Waals surface area contributed by atoms with Gasteiger partial charge in [0.2, 0.25) is 0 Å². The molecule has 0 fully saturated rings. The summed E-state index contributed by atoms with van der Waals surface area (Å²) in [5.41, 5.74) is 4.59. The third kappa shape index (κ3) is 4.14. The maximum absolute atomic E-state index is 4.71. The Labute approximate surface area is 127 Å². The second kappa shape index (κ2) is 5.98. The summed E-state index contributed by atoms with van der Waals surface area (Å²) in [6.45, 7) is 13.6. The number of aryl methyl sites for hydroxylation is 3. The van der Waals surface area contributed by atoms with Crippen LogP contribution >= 0.6 is 0 Å². The predicted octanol–water partition coefficient (Wildman–Crippen LogP) is 3.33. The van der Waals surface area contributed by atoms with Crippen molar-refractivity contribution in [3.8, 4) is 5.82 Å². The van der Waals surface area contributed by atoms with E-state index in [4.69, 9.17) is 4.98 Å². The van der Waals surface area contributed by atoms with Gasteiger partial charge in [0.05, 0.1) is 5.69 Å². The lowest BCUT2D eigenvalue weighted by Crippen LogP contribution is -2.35. The van der Waals surface area contributed by atoms with E-state index in [9.17, 15) is 0 Å². The van der Waals surface area contributed by atoms with Gasteiger partial charge in [-0.05, 0) is 64.8 Å². The van der Waals surface area contributed by atoms with Gasteiger partial charge in [0.15, 0.2) is 5.82 Å². The van der Waals surface area contributed by atoms with Gasteiger partial charge in [-0.1, -0.05) is 6.92 Å². The Hall–Kier alpha value is -1.68. The number of hydrogen-bond acceptors (Lipinski definition) is 3. The van der Waals surface area contributed by atoms with Gasteiger partial charge in [0.25, 0.3) is 0 Å². The Balaban J connectivity index is 2.36. The van der Waals surface area contributed by atoms with Gasteiger partial charge >= 0.3 is 0 Å². The molecular weight excluding hydrogens is 260 g/mol. The zero-order chi connectivity index (χ0) is 15.6. The maximum atomic E-state index is 4.71. The summed E-state index contributed by atoms with van der Waals surface area (Å²) in [6.07, 6.45) is 0.926. The van der Waals surface area contributed by atoms with Crippen LogP contribution < -0.4 is 5.32 Å². The lowest BCUT2D eigenvalue weighted by atomic mass is 10.1. The molecule has 2 aromatic heterocycles. The fourth-order valence-electron chi connectivity index (χ4n) is 2.25. The molecule has 2 rings (SSSR count). The molecule has 1 N–H and O–H groups in total. The molecule has 0 saturated carbocycles. The molecule has 0 spiro atoms. The fraction of sp³-hybridized carbons (Fsp3) is 0.529. The highest BCUT2D eigenvalue weighted by atomic mass is 15.3. The average Bonchev–Trinajstić information content (AvgIpc) is 2.74. The molecule has 0 unspecified atom stereocenters. The molecule has 0 aliphatic carbocycles. The molecule has 0 bridgehead atoms. The van der Waals surface area contributed by atoms with E-state index in [1.165, 1.54) is 5.56 Å². The standard InChI is InChI=1S/C17H26N4/c1-7-15-9-14(11-18-17(4,5)6)10-16(19-15)21-13(3)8-12(2)20-21/h8-10,18H,7,11H2,1-6H3. The fourth-order valence-corrected chi connectivity index (χ4v) is 2.25. The number of hydrogen-bond donors (Lipinski definition) is 1. The van der Waals surface area contributed by atoms with Crippen LogP contribution in [0.2, 0.25) is 0 Å². The smallest absolute Gasteiger partial charge is 0.154 e. The molecule has 0 amide bonds. The molecule has 2 heterocycles. The summed E-state index contributed by atoms with van der Waals surface area (Å²) in [5.74, 6) is 0.908. The molecule has 0 aliphatic rings. The van der Waals surface area contributed by atoms with Gasteiger partial charge in [0.1, 0.15) is 0 Å². The van der Waals surface area contributed by atoms with E-state index in [0.29, 0.717) is 0 Å². The lowest BCUT2D eigenvalue weighted by molar-refractivity contribution is 0.424. The van der Waals surface area contributed by atoms with E-state index in [2.05, 4.69) is 63.2 Å². The van der Waals surface area contributed by atoms with E-state index >= 15 is 0 Å². The zero-order valence-electron chi connectivity index (χ0n) is 14.0. The first kappa shape index (κ1) is 15.7. The second-order valence-corrected chi connectivity index (χ2v) is 6.62.